The Morgan fingerprint density at radius 1 is 0.595 bits per heavy atom. The highest BCUT2D eigenvalue weighted by Gasteiger charge is 2.52. The van der Waals surface area contributed by atoms with Gasteiger partial charge in [0.15, 0.2) is 41.5 Å². The summed E-state index contributed by atoms with van der Waals surface area (Å²) in [6, 6.07) is 14.9. The monoisotopic (exact) mass is 1180 g/mol. The van der Waals surface area contributed by atoms with Gasteiger partial charge in [0.2, 0.25) is 24.1 Å². The molecule has 3 aliphatic heterocycles. The van der Waals surface area contributed by atoms with E-state index in [0.29, 0.717) is 5.56 Å². The second kappa shape index (κ2) is 26.8. The molecular weight excluding hydrogens is 1120 g/mol. The van der Waals surface area contributed by atoms with E-state index in [1.165, 1.54) is 68.8 Å². The molecule has 0 amide bonds. The number of phenols is 5. The van der Waals surface area contributed by atoms with Crippen molar-refractivity contribution >= 4 is 47.0 Å². The van der Waals surface area contributed by atoms with E-state index in [2.05, 4.69) is 0 Å². The van der Waals surface area contributed by atoms with Gasteiger partial charge in [0.05, 0.1) is 32.5 Å². The minimum Gasteiger partial charge on any atom is -0.508 e. The Kier molecular flexibility index (Phi) is 19.6. The molecule has 3 fully saturated rings. The average Bonchev–Trinajstić information content (AvgIpc) is 2.30. The van der Waals surface area contributed by atoms with Gasteiger partial charge in [-0.05, 0) is 59.7 Å². The summed E-state index contributed by atoms with van der Waals surface area (Å²) in [7, 11) is 2.55. The van der Waals surface area contributed by atoms with Crippen LogP contribution in [0.15, 0.2) is 89.4 Å². The lowest BCUT2D eigenvalue weighted by Gasteiger charge is -2.45. The first-order chi connectivity index (χ1) is 40.0. The van der Waals surface area contributed by atoms with Crippen LogP contribution in [0.5, 0.6) is 51.7 Å². The van der Waals surface area contributed by atoms with Gasteiger partial charge >= 0.3 is 35.2 Å². The van der Waals surface area contributed by atoms with Gasteiger partial charge in [-0.1, -0.05) is 12.1 Å². The van der Waals surface area contributed by atoms with E-state index in [-0.39, 0.29) is 50.9 Å². The number of hydrogen-bond donors (Lipinski definition) is 13. The minimum atomic E-state index is -2.17. The van der Waals surface area contributed by atoms with Crippen molar-refractivity contribution in [3.8, 4) is 63.1 Å². The van der Waals surface area contributed by atoms with Gasteiger partial charge in [0.1, 0.15) is 97.2 Å². The van der Waals surface area contributed by atoms with Gasteiger partial charge in [-0.2, -0.15) is 0 Å². The molecule has 0 bridgehead atoms. The van der Waals surface area contributed by atoms with Crippen LogP contribution in [0.2, 0.25) is 0 Å². The number of carboxylic acid groups (broad SMARTS) is 1. The summed E-state index contributed by atoms with van der Waals surface area (Å²) in [6.07, 6.45) is -23.8. The number of benzene rings is 4. The minimum absolute atomic E-state index is 0.0196. The molecule has 3 aliphatic rings. The number of phenolic OH excluding ortho intramolecular Hbond substituents is 5. The molecule has 450 valence electrons. The zero-order valence-corrected chi connectivity index (χ0v) is 44.0. The highest BCUT2D eigenvalue weighted by atomic mass is 16.8. The summed E-state index contributed by atoms with van der Waals surface area (Å²) in [5, 5.41) is 139. The second-order valence-electron chi connectivity index (χ2n) is 19.0. The first-order valence-corrected chi connectivity index (χ1v) is 25.2. The van der Waals surface area contributed by atoms with Gasteiger partial charge < -0.3 is 118 Å². The average molecular weight is 1180 g/mol. The van der Waals surface area contributed by atoms with Crippen LogP contribution in [0.25, 0.3) is 34.4 Å². The number of aliphatic carboxylic acids is 1. The summed E-state index contributed by atoms with van der Waals surface area (Å²) >= 11 is 0. The molecular formula is C55H57O29+. The zero-order chi connectivity index (χ0) is 60.7. The van der Waals surface area contributed by atoms with Crippen molar-refractivity contribution in [2.75, 3.05) is 34.0 Å². The van der Waals surface area contributed by atoms with Crippen molar-refractivity contribution in [2.45, 2.75) is 92.4 Å². The Balaban J connectivity index is 1.16. The van der Waals surface area contributed by atoms with Crippen LogP contribution in [0.3, 0.4) is 0 Å². The van der Waals surface area contributed by atoms with Crippen LogP contribution >= 0.6 is 0 Å². The van der Waals surface area contributed by atoms with E-state index in [1.54, 1.807) is 0 Å². The van der Waals surface area contributed by atoms with Crippen LogP contribution in [-0.4, -0.2) is 210 Å². The van der Waals surface area contributed by atoms with E-state index in [0.717, 1.165) is 42.5 Å². The number of aliphatic hydroxyl groups is 7. The highest BCUT2D eigenvalue weighted by molar-refractivity contribution is 5.91. The van der Waals surface area contributed by atoms with Crippen molar-refractivity contribution in [2.24, 2.45) is 0 Å². The molecule has 4 aromatic carbocycles. The fourth-order valence-electron chi connectivity index (χ4n) is 8.73. The van der Waals surface area contributed by atoms with Crippen molar-refractivity contribution in [3.63, 3.8) is 0 Å². The van der Waals surface area contributed by atoms with Crippen molar-refractivity contribution < 1.29 is 142 Å². The molecule has 8 rings (SSSR count). The molecule has 14 atom stereocenters. The number of ether oxygens (including phenoxy) is 11. The SMILES string of the molecule is COc1cc(/C=C/C(=O)OC2[C@H](O[C@@H]3C(O)[C@H](O)C(COC(=O)/C=C/c4ccc(O)cc4)O[C@H]3Oc3cc4c(O[C@@H]5OC(COC(=O)CC(=O)O)[C@@H](O)[C@H](O)C5O)cc(O)cc4[o+]c3-c3ccc(O)c(O)c3)OC[C@@H](O)[C@@H]2O)cc(OC)c1O. The molecule has 4 heterocycles. The quantitative estimate of drug-likeness (QED) is 0.0124. The summed E-state index contributed by atoms with van der Waals surface area (Å²) in [6.45, 7) is -2.31. The van der Waals surface area contributed by atoms with Crippen molar-refractivity contribution in [1.82, 2.24) is 0 Å². The van der Waals surface area contributed by atoms with Gasteiger partial charge in [-0.15, -0.1) is 0 Å². The number of esters is 3. The lowest BCUT2D eigenvalue weighted by atomic mass is 9.98. The number of fused-ring (bicyclic) bond motifs is 1. The molecule has 0 aliphatic carbocycles. The predicted molar refractivity (Wildman–Crippen MR) is 278 cm³/mol. The molecule has 29 heteroatoms. The van der Waals surface area contributed by atoms with E-state index in [4.69, 9.17) is 61.6 Å². The predicted octanol–water partition coefficient (Wildman–Crippen LogP) is 0.301. The van der Waals surface area contributed by atoms with Crippen molar-refractivity contribution in [1.29, 1.82) is 0 Å². The van der Waals surface area contributed by atoms with E-state index >= 15 is 0 Å². The van der Waals surface area contributed by atoms with E-state index < -0.39 is 165 Å². The Morgan fingerprint density at radius 3 is 1.89 bits per heavy atom. The van der Waals surface area contributed by atoms with Crippen LogP contribution in [-0.2, 0) is 52.3 Å². The molecule has 1 aromatic heterocycles. The molecule has 0 saturated carbocycles. The summed E-state index contributed by atoms with van der Waals surface area (Å²) in [5.74, 6) is -8.46. The van der Waals surface area contributed by atoms with E-state index in [9.17, 15) is 80.5 Å². The Labute approximate surface area is 473 Å². The Bertz CT molecular complexity index is 3210. The number of carbonyl (C=O) groups excluding carboxylic acids is 3. The fraction of sp³-hybridized carbons (Fsp3) is 0.364. The Hall–Kier alpha value is -8.59. The molecule has 5 aromatic rings. The molecule has 5 unspecified atom stereocenters. The summed E-state index contributed by atoms with van der Waals surface area (Å²) in [4.78, 5) is 49.6. The molecule has 84 heavy (non-hydrogen) atoms. The van der Waals surface area contributed by atoms with E-state index in [1.807, 2.05) is 0 Å². The van der Waals surface area contributed by atoms with Gasteiger partial charge in [0, 0.05) is 30.4 Å². The largest absolute Gasteiger partial charge is 0.508 e. The van der Waals surface area contributed by atoms with Gasteiger partial charge in [-0.3, -0.25) is 9.59 Å². The summed E-state index contributed by atoms with van der Waals surface area (Å²) in [5.41, 5.74) is 0.394. The zero-order valence-electron chi connectivity index (χ0n) is 44.0. The number of aliphatic hydroxyl groups excluding tert-OH is 7. The van der Waals surface area contributed by atoms with Gasteiger partial charge in [0.25, 0.3) is 0 Å². The number of rotatable bonds is 20. The van der Waals surface area contributed by atoms with Crippen LogP contribution in [0.4, 0.5) is 0 Å². The molecule has 29 nitrogen and oxygen atoms in total. The first-order valence-electron chi connectivity index (χ1n) is 25.2. The number of carboxylic acids is 1. The maximum Gasteiger partial charge on any atom is 0.402 e. The number of aromatic hydroxyl groups is 5. The highest BCUT2D eigenvalue weighted by Crippen LogP contribution is 2.44. The number of hydrogen-bond acceptors (Lipinski definition) is 27. The maximum atomic E-state index is 13.5. The molecule has 3 saturated heterocycles. The number of carbonyl (C=O) groups is 4. The van der Waals surface area contributed by atoms with Gasteiger partial charge in [-0.25, -0.2) is 14.0 Å². The first kappa shape index (κ1) is 61.5. The summed E-state index contributed by atoms with van der Waals surface area (Å²) < 4.78 is 68.6. The third-order valence-corrected chi connectivity index (χ3v) is 13.1. The third-order valence-electron chi connectivity index (χ3n) is 13.1. The normalized spacial score (nSPS) is 27.0. The smallest absolute Gasteiger partial charge is 0.402 e. The standard InChI is InChI=1S/C55H56O29/c1-73-34-13-24(14-35(74-2)44(34)67)6-12-41(64)83-51-43(66)31(60)20-77-54(51)84-52-48(71)46(69)38(21-75-40(63)11-5-23-3-8-26(56)9-4-23)82-55(52)80-36-18-28-32(78-50(36)25-7-10-29(58)30(59)15-25)16-27(57)17-33(28)79-53-49(72)47(70)45(68)37(81-53)22-76-42(65)19-39(61)62/h3-18,31,37-38,43,45-49,51-55,60,66,68-72H,19-22H2,1-2H3,(H5-,56,57,58,59,61,62,63,64,67)/p+1/t31-,37?,38?,43+,45-,46-,47+,48?,49?,51?,52-,53-,54+,55-/m1/s1. The molecule has 0 spiro atoms. The maximum absolute atomic E-state index is 13.5. The third kappa shape index (κ3) is 14.4. The number of methoxy groups -OCH3 is 2. The molecule has 0 radical (unpaired) electrons. The van der Waals surface area contributed by atoms with Crippen molar-refractivity contribution in [3.05, 3.63) is 96.1 Å². The lowest BCUT2D eigenvalue weighted by molar-refractivity contribution is -0.345. The van der Waals surface area contributed by atoms with Crippen LogP contribution < -0.4 is 18.9 Å². The fourth-order valence-corrected chi connectivity index (χ4v) is 8.73. The van der Waals surface area contributed by atoms with Crippen LogP contribution in [0.1, 0.15) is 17.5 Å². The lowest BCUT2D eigenvalue weighted by Crippen LogP contribution is -2.64. The topological polar surface area (TPSA) is 444 Å². The Morgan fingerprint density at radius 2 is 1.23 bits per heavy atom. The molecule has 13 N–H and O–H groups in total. The van der Waals surface area contributed by atoms with Crippen LogP contribution in [0, 0.1) is 0 Å². The second-order valence-corrected chi connectivity index (χ2v) is 19.0.